The van der Waals surface area contributed by atoms with Gasteiger partial charge in [0.2, 0.25) is 0 Å². The molecule has 4 heteroatoms. The van der Waals surface area contributed by atoms with Gasteiger partial charge in [0.15, 0.2) is 0 Å². The Morgan fingerprint density at radius 3 is 1.83 bits per heavy atom. The Bertz CT molecular complexity index is 1320. The molecule has 6 rings (SSSR count). The van der Waals surface area contributed by atoms with E-state index in [0.29, 0.717) is 5.41 Å². The van der Waals surface area contributed by atoms with E-state index in [4.69, 9.17) is 11.8 Å². The normalized spacial score (nSPS) is 42.8. The second-order valence-electron chi connectivity index (χ2n) is 14.2. The summed E-state index contributed by atoms with van der Waals surface area (Å²) in [7, 11) is -0.398. The van der Waals surface area contributed by atoms with Crippen molar-refractivity contribution in [1.82, 2.24) is 0 Å². The van der Waals surface area contributed by atoms with Crippen LogP contribution >= 0.6 is 21.9 Å². The Morgan fingerprint density at radius 1 is 0.800 bits per heavy atom. The Kier molecular flexibility index (Phi) is 4.91. The van der Waals surface area contributed by atoms with E-state index in [2.05, 4.69) is 135 Å². The number of hydrogen-bond donors (Lipinski definition) is 0. The average Bonchev–Trinajstić information content (AvgIpc) is 3.59. The molecule has 0 saturated carbocycles. The molecule has 3 unspecified atom stereocenters. The van der Waals surface area contributed by atoms with Crippen molar-refractivity contribution in [1.29, 1.82) is 0 Å². The van der Waals surface area contributed by atoms with Crippen LogP contribution in [0.1, 0.15) is 73.4 Å². The minimum Gasteiger partial charge on any atom is -0.0817 e. The predicted octanol–water partition coefficient (Wildman–Crippen LogP) is 9.61. The largest absolute Gasteiger partial charge is 0.0817 e. The molecule has 0 radical (unpaired) electrons. The van der Waals surface area contributed by atoms with Crippen molar-refractivity contribution in [2.45, 2.75) is 88.3 Å². The molecule has 184 valence electrons. The van der Waals surface area contributed by atoms with Gasteiger partial charge in [-0.05, 0) is 33.9 Å². The fourth-order valence-electron chi connectivity index (χ4n) is 8.80. The van der Waals surface area contributed by atoms with Crippen LogP contribution in [-0.2, 0) is 17.0 Å². The quantitative estimate of drug-likeness (QED) is 0.258. The summed E-state index contributed by atoms with van der Waals surface area (Å²) < 4.78 is 0. The first-order chi connectivity index (χ1) is 16.2. The summed E-state index contributed by atoms with van der Waals surface area (Å²) in [5.74, 6) is 3.71. The van der Waals surface area contributed by atoms with Gasteiger partial charge in [0.25, 0.3) is 0 Å². The van der Waals surface area contributed by atoms with Gasteiger partial charge in [-0.15, -0.1) is 0 Å². The Morgan fingerprint density at radius 2 is 1.34 bits per heavy atom. The van der Waals surface area contributed by atoms with Crippen LogP contribution in [0.3, 0.4) is 0 Å². The molecule has 0 N–H and O–H groups in total. The standard InChI is InChI=1S/C31H39P3S/c1-26(2,3)25-32-24-29(23-18-14-11-15-19-23)31(33(25)29,28(7,8)9)34(35,30(24,32)27(4,5)6)21-20-22-16-12-10-13-17-22/h10-19,24-25H,1-9H3/t24-,25+,29+,30+,31+,32?,33?,34?/m1/s1. The van der Waals surface area contributed by atoms with E-state index in [0.717, 1.165) is 16.6 Å². The molecule has 2 aromatic carbocycles. The first kappa shape index (κ1) is 24.8. The van der Waals surface area contributed by atoms with Crippen LogP contribution < -0.4 is 0 Å². The average molecular weight is 537 g/mol. The van der Waals surface area contributed by atoms with E-state index in [1.165, 1.54) is 0 Å². The summed E-state index contributed by atoms with van der Waals surface area (Å²) in [6.07, 6.45) is 0. The van der Waals surface area contributed by atoms with Crippen molar-refractivity contribution in [2.75, 3.05) is 0 Å². The molecule has 0 amide bonds. The molecule has 35 heavy (non-hydrogen) atoms. The topological polar surface area (TPSA) is 0 Å². The van der Waals surface area contributed by atoms with Gasteiger partial charge >= 0.3 is 0 Å². The van der Waals surface area contributed by atoms with Gasteiger partial charge in [-0.25, -0.2) is 0 Å². The van der Waals surface area contributed by atoms with E-state index >= 15 is 0 Å². The summed E-state index contributed by atoms with van der Waals surface area (Å²) in [6.45, 7) is 22.7. The minimum atomic E-state index is -2.09. The molecule has 0 bridgehead atoms. The highest BCUT2D eigenvalue weighted by molar-refractivity contribution is 8.30. The van der Waals surface area contributed by atoms with Crippen LogP contribution in [0.2, 0.25) is 0 Å². The van der Waals surface area contributed by atoms with Gasteiger partial charge in [-0.3, -0.25) is 0 Å². The lowest BCUT2D eigenvalue weighted by Gasteiger charge is -2.53. The van der Waals surface area contributed by atoms with Crippen LogP contribution in [0.5, 0.6) is 0 Å². The fraction of sp³-hybridized carbons (Fsp3) is 0.548. The highest BCUT2D eigenvalue weighted by atomic mass is 32.4. The molecular weight excluding hydrogens is 497 g/mol. The summed E-state index contributed by atoms with van der Waals surface area (Å²) >= 11 is 7.24. The van der Waals surface area contributed by atoms with E-state index in [9.17, 15) is 0 Å². The summed E-state index contributed by atoms with van der Waals surface area (Å²) in [5, 5.41) is 1.09. The highest BCUT2D eigenvalue weighted by Gasteiger charge is 3.10. The third-order valence-corrected chi connectivity index (χ3v) is 29.9. The third kappa shape index (κ3) is 2.45. The zero-order valence-corrected chi connectivity index (χ0v) is 26.2. The second kappa shape index (κ2) is 6.93. The lowest BCUT2D eigenvalue weighted by atomic mass is 9.76. The van der Waals surface area contributed by atoms with E-state index in [1.807, 2.05) is 0 Å². The summed E-state index contributed by atoms with van der Waals surface area (Å²) in [4.78, 5) is 0.387. The zero-order chi connectivity index (χ0) is 25.4. The van der Waals surface area contributed by atoms with Crippen LogP contribution in [0, 0.1) is 27.8 Å². The Labute approximate surface area is 221 Å². The molecule has 8 atom stereocenters. The van der Waals surface area contributed by atoms with E-state index < -0.39 is 6.04 Å². The first-order valence-electron chi connectivity index (χ1n) is 13.0. The zero-order valence-electron chi connectivity index (χ0n) is 22.7. The van der Waals surface area contributed by atoms with Crippen molar-refractivity contribution in [3.8, 4) is 11.6 Å². The first-order valence-corrected chi connectivity index (χ1v) is 18.7. The van der Waals surface area contributed by atoms with E-state index in [-0.39, 0.29) is 41.6 Å². The van der Waals surface area contributed by atoms with Crippen LogP contribution in [-0.4, -0.2) is 20.9 Å². The Hall–Kier alpha value is -0.490. The van der Waals surface area contributed by atoms with Crippen molar-refractivity contribution < 1.29 is 0 Å². The molecule has 4 aliphatic rings. The lowest BCUT2D eigenvalue weighted by Crippen LogP contribution is -2.41. The minimum absolute atomic E-state index is 0.131. The van der Waals surface area contributed by atoms with Crippen molar-refractivity contribution in [2.24, 2.45) is 16.2 Å². The number of fused-ring (bicyclic) bond motifs is 2. The lowest BCUT2D eigenvalue weighted by molar-refractivity contribution is 0.350. The van der Waals surface area contributed by atoms with Crippen LogP contribution in [0.4, 0.5) is 0 Å². The van der Waals surface area contributed by atoms with Gasteiger partial charge in [0, 0.05) is 32.7 Å². The molecule has 0 aromatic heterocycles. The molecule has 2 aromatic rings. The van der Waals surface area contributed by atoms with Crippen molar-refractivity contribution in [3.05, 3.63) is 71.8 Å². The smallest absolute Gasteiger partial charge is 0.0513 e. The van der Waals surface area contributed by atoms with Gasteiger partial charge in [0.05, 0.1) is 4.90 Å². The van der Waals surface area contributed by atoms with Crippen LogP contribution in [0.15, 0.2) is 60.7 Å². The predicted molar refractivity (Wildman–Crippen MR) is 161 cm³/mol. The molecule has 4 aliphatic heterocycles. The van der Waals surface area contributed by atoms with Crippen molar-refractivity contribution >= 4 is 33.7 Å². The molecular formula is C31H39P3S. The second-order valence-corrected chi connectivity index (χ2v) is 24.9. The SMILES string of the molecule is CC(C)(C)[C@@H]1P2[C@]3(C(C)(C)C)[C@]2(c2ccccc2)[C@H]2P1[C@]2(C(C)(C)C)P3(=S)C#Cc1ccccc1. The van der Waals surface area contributed by atoms with Gasteiger partial charge < -0.3 is 0 Å². The number of rotatable bonds is 1. The van der Waals surface area contributed by atoms with Gasteiger partial charge in [-0.2, -0.15) is 0 Å². The molecule has 4 fully saturated rings. The molecule has 0 nitrogen and oxygen atoms in total. The van der Waals surface area contributed by atoms with E-state index in [1.54, 1.807) is 5.56 Å². The highest BCUT2D eigenvalue weighted by Crippen LogP contribution is 3.30. The molecule has 0 spiro atoms. The number of hydrogen-bond acceptors (Lipinski definition) is 1. The molecule has 0 aliphatic carbocycles. The van der Waals surface area contributed by atoms with Crippen LogP contribution in [0.25, 0.3) is 0 Å². The Balaban J connectivity index is 1.72. The van der Waals surface area contributed by atoms with Gasteiger partial charge in [-0.1, -0.05) is 150 Å². The monoisotopic (exact) mass is 536 g/mol. The van der Waals surface area contributed by atoms with Gasteiger partial charge in [0.1, 0.15) is 0 Å². The summed E-state index contributed by atoms with van der Waals surface area (Å²) in [6, 6.07) is 20.2. The maximum Gasteiger partial charge on any atom is 0.0513 e. The fourth-order valence-corrected chi connectivity index (χ4v) is 38.3. The number of benzene rings is 2. The van der Waals surface area contributed by atoms with Crippen molar-refractivity contribution in [3.63, 3.8) is 0 Å². The molecule has 4 saturated heterocycles. The summed E-state index contributed by atoms with van der Waals surface area (Å²) in [5.41, 5.74) is 8.18. The maximum absolute atomic E-state index is 7.24. The molecule has 4 heterocycles. The maximum atomic E-state index is 7.24. The third-order valence-electron chi connectivity index (χ3n) is 9.30.